The Morgan fingerprint density at radius 3 is 2.30 bits per heavy atom. The van der Waals surface area contributed by atoms with E-state index in [-0.39, 0.29) is 0 Å². The van der Waals surface area contributed by atoms with E-state index in [2.05, 4.69) is 27.7 Å². The highest BCUT2D eigenvalue weighted by molar-refractivity contribution is 4.83. The van der Waals surface area contributed by atoms with Gasteiger partial charge < -0.3 is 0 Å². The predicted octanol–water partition coefficient (Wildman–Crippen LogP) is 3.63. The number of hydrogen-bond donors (Lipinski definition) is 0. The van der Waals surface area contributed by atoms with Crippen molar-refractivity contribution in [1.29, 1.82) is 0 Å². The van der Waals surface area contributed by atoms with Crippen molar-refractivity contribution in [3.63, 3.8) is 0 Å². The van der Waals surface area contributed by atoms with E-state index in [9.17, 15) is 0 Å². The van der Waals surface area contributed by atoms with Gasteiger partial charge in [0.05, 0.1) is 0 Å². The minimum Gasteiger partial charge on any atom is -0.0620 e. The van der Waals surface area contributed by atoms with Crippen LogP contribution in [0.3, 0.4) is 0 Å². The van der Waals surface area contributed by atoms with Crippen LogP contribution in [0.15, 0.2) is 0 Å². The first-order valence-electron chi connectivity index (χ1n) is 4.27. The Hall–Kier alpha value is 0. The maximum atomic E-state index is 3.82. The second kappa shape index (κ2) is 5.76. The summed E-state index contributed by atoms with van der Waals surface area (Å²) in [6.07, 6.45) is 5.07. The first-order chi connectivity index (χ1) is 4.68. The van der Waals surface area contributed by atoms with Crippen LogP contribution in [0.4, 0.5) is 0 Å². The summed E-state index contributed by atoms with van der Waals surface area (Å²) < 4.78 is 0. The van der Waals surface area contributed by atoms with Gasteiger partial charge in [-0.25, -0.2) is 0 Å². The molecule has 0 bridgehead atoms. The summed E-state index contributed by atoms with van der Waals surface area (Å²) in [6, 6.07) is 0. The molecule has 1 atom stereocenters. The molecule has 0 aromatic rings. The molecule has 0 aliphatic heterocycles. The van der Waals surface area contributed by atoms with Gasteiger partial charge in [0.1, 0.15) is 0 Å². The Bertz CT molecular complexity index is 64.4. The van der Waals surface area contributed by atoms with Crippen LogP contribution < -0.4 is 0 Å². The van der Waals surface area contributed by atoms with Crippen LogP contribution in [-0.2, 0) is 0 Å². The van der Waals surface area contributed by atoms with E-state index in [4.69, 9.17) is 0 Å². The zero-order valence-electron chi connectivity index (χ0n) is 7.61. The number of unbranched alkanes of at least 4 members (excludes halogenated alkanes) is 2. The van der Waals surface area contributed by atoms with Crippen molar-refractivity contribution in [2.75, 3.05) is 0 Å². The molecule has 0 heterocycles. The fourth-order valence-corrected chi connectivity index (χ4v) is 0.916. The van der Waals surface area contributed by atoms with Crippen molar-refractivity contribution < 1.29 is 0 Å². The van der Waals surface area contributed by atoms with Crippen molar-refractivity contribution in [3.05, 3.63) is 12.8 Å². The van der Waals surface area contributed by atoms with Gasteiger partial charge in [0.25, 0.3) is 0 Å². The molecule has 0 saturated carbocycles. The van der Waals surface area contributed by atoms with Gasteiger partial charge in [0, 0.05) is 0 Å². The maximum absolute atomic E-state index is 3.82. The lowest BCUT2D eigenvalue weighted by Crippen LogP contribution is -2.00. The summed E-state index contributed by atoms with van der Waals surface area (Å²) >= 11 is 0. The quantitative estimate of drug-likeness (QED) is 0.511. The van der Waals surface area contributed by atoms with Gasteiger partial charge in [-0.1, -0.05) is 53.4 Å². The molecule has 60 valence electrons. The maximum Gasteiger partial charge on any atom is -0.0275 e. The molecular formula is C10H20. The smallest absolute Gasteiger partial charge is 0.0275 e. The van der Waals surface area contributed by atoms with E-state index in [1.165, 1.54) is 19.3 Å². The fraction of sp³-hybridized carbons (Fsp3) is 0.800. The van der Waals surface area contributed by atoms with Gasteiger partial charge >= 0.3 is 0 Å². The van der Waals surface area contributed by atoms with E-state index in [1.807, 2.05) is 0 Å². The van der Waals surface area contributed by atoms with Crippen LogP contribution in [-0.4, -0.2) is 0 Å². The van der Waals surface area contributed by atoms with Gasteiger partial charge in [-0.3, -0.25) is 0 Å². The lowest BCUT2D eigenvalue weighted by atomic mass is 9.92. The second-order valence-corrected chi connectivity index (χ2v) is 3.33. The van der Waals surface area contributed by atoms with Crippen molar-refractivity contribution in [3.8, 4) is 0 Å². The Labute approximate surface area is 66.0 Å². The molecule has 10 heavy (non-hydrogen) atoms. The summed E-state index contributed by atoms with van der Waals surface area (Å²) in [7, 11) is 0. The molecule has 0 saturated heterocycles. The van der Waals surface area contributed by atoms with Gasteiger partial charge in [0.15, 0.2) is 0 Å². The average molecular weight is 140 g/mol. The zero-order valence-corrected chi connectivity index (χ0v) is 7.61. The van der Waals surface area contributed by atoms with Crippen LogP contribution in [0.25, 0.3) is 0 Å². The zero-order chi connectivity index (χ0) is 7.98. The SMILES string of the molecule is [CH2]CCCCC(C)[C](C)C. The Morgan fingerprint density at radius 2 is 1.90 bits per heavy atom. The summed E-state index contributed by atoms with van der Waals surface area (Å²) in [4.78, 5) is 0. The highest BCUT2D eigenvalue weighted by Gasteiger charge is 2.05. The second-order valence-electron chi connectivity index (χ2n) is 3.33. The Kier molecular flexibility index (Phi) is 5.76. The normalized spacial score (nSPS) is 14.1. The largest absolute Gasteiger partial charge is 0.0620 e. The van der Waals surface area contributed by atoms with Crippen LogP contribution in [0.2, 0.25) is 0 Å². The molecule has 0 fully saturated rings. The highest BCUT2D eigenvalue weighted by atomic mass is 14.1. The molecule has 0 nitrogen and oxygen atoms in total. The summed E-state index contributed by atoms with van der Waals surface area (Å²) in [5.74, 6) is 2.37. The number of rotatable bonds is 5. The molecule has 0 aromatic heterocycles. The summed E-state index contributed by atoms with van der Waals surface area (Å²) in [5, 5.41) is 0. The van der Waals surface area contributed by atoms with Crippen LogP contribution in [0.1, 0.15) is 46.5 Å². The third-order valence-corrected chi connectivity index (χ3v) is 2.12. The van der Waals surface area contributed by atoms with Gasteiger partial charge in [-0.05, 0) is 11.8 Å². The van der Waals surface area contributed by atoms with Crippen molar-refractivity contribution in [1.82, 2.24) is 0 Å². The standard InChI is InChI=1S/C10H20/c1-5-6-7-8-10(4)9(2)3/h10H,1,5-8H2,2-4H3. The van der Waals surface area contributed by atoms with Crippen molar-refractivity contribution >= 4 is 0 Å². The van der Waals surface area contributed by atoms with E-state index in [0.29, 0.717) is 0 Å². The van der Waals surface area contributed by atoms with Crippen molar-refractivity contribution in [2.45, 2.75) is 46.5 Å². The topological polar surface area (TPSA) is 0 Å². The average Bonchev–Trinajstić information content (AvgIpc) is 1.88. The highest BCUT2D eigenvalue weighted by Crippen LogP contribution is 2.18. The van der Waals surface area contributed by atoms with E-state index < -0.39 is 0 Å². The monoisotopic (exact) mass is 140 g/mol. The first-order valence-corrected chi connectivity index (χ1v) is 4.27. The molecule has 0 spiro atoms. The van der Waals surface area contributed by atoms with Gasteiger partial charge in [0.2, 0.25) is 0 Å². The van der Waals surface area contributed by atoms with Crippen molar-refractivity contribution in [2.24, 2.45) is 5.92 Å². The molecule has 0 aliphatic carbocycles. The molecule has 0 amide bonds. The molecule has 0 heteroatoms. The minimum atomic E-state index is 0.812. The number of hydrogen-bond acceptors (Lipinski definition) is 0. The molecule has 2 radical (unpaired) electrons. The third-order valence-electron chi connectivity index (χ3n) is 2.12. The Balaban J connectivity index is 3.13. The van der Waals surface area contributed by atoms with Crippen LogP contribution in [0, 0.1) is 18.8 Å². The molecule has 0 N–H and O–H groups in total. The first kappa shape index (κ1) is 10.0. The molecule has 1 unspecified atom stereocenters. The van der Waals surface area contributed by atoms with Gasteiger partial charge in [-0.15, -0.1) is 0 Å². The fourth-order valence-electron chi connectivity index (χ4n) is 0.916. The van der Waals surface area contributed by atoms with Crippen LogP contribution >= 0.6 is 0 Å². The minimum absolute atomic E-state index is 0.812. The third kappa shape index (κ3) is 4.84. The van der Waals surface area contributed by atoms with Crippen LogP contribution in [0.5, 0.6) is 0 Å². The summed E-state index contributed by atoms with van der Waals surface area (Å²) in [6.45, 7) is 10.6. The Morgan fingerprint density at radius 1 is 1.30 bits per heavy atom. The van der Waals surface area contributed by atoms with Gasteiger partial charge in [-0.2, -0.15) is 0 Å². The predicted molar refractivity (Wildman–Crippen MR) is 47.6 cm³/mol. The summed E-state index contributed by atoms with van der Waals surface area (Å²) in [5.41, 5.74) is 0. The molecule has 0 rings (SSSR count). The molecular weight excluding hydrogens is 120 g/mol. The van der Waals surface area contributed by atoms with E-state index >= 15 is 0 Å². The molecule has 0 aromatic carbocycles. The van der Waals surface area contributed by atoms with E-state index in [0.717, 1.165) is 12.3 Å². The lowest BCUT2D eigenvalue weighted by molar-refractivity contribution is 0.515. The lowest BCUT2D eigenvalue weighted by Gasteiger charge is -2.13. The van der Waals surface area contributed by atoms with E-state index in [1.54, 1.807) is 5.92 Å². The molecule has 0 aliphatic rings.